The van der Waals surface area contributed by atoms with Crippen LogP contribution in [0.2, 0.25) is 0 Å². The summed E-state index contributed by atoms with van der Waals surface area (Å²) < 4.78 is 0. The Morgan fingerprint density at radius 1 is 1.12 bits per heavy atom. The lowest BCUT2D eigenvalue weighted by atomic mass is 9.81. The average molecular weight is 332 g/mol. The first-order valence-corrected chi connectivity index (χ1v) is 7.54. The van der Waals surface area contributed by atoms with Gasteiger partial charge in [-0.3, -0.25) is 9.59 Å². The number of aromatic hydroxyl groups is 1. The largest absolute Gasteiger partial charge is 0.507 e. The zero-order valence-electron chi connectivity index (χ0n) is 13.5. The molecule has 1 aliphatic carbocycles. The summed E-state index contributed by atoms with van der Waals surface area (Å²) in [5, 5.41) is 21.2. The van der Waals surface area contributed by atoms with Crippen LogP contribution in [-0.2, 0) is 9.59 Å². The number of benzene rings is 1. The molecule has 0 heterocycles. The second-order valence-electron chi connectivity index (χ2n) is 5.91. The summed E-state index contributed by atoms with van der Waals surface area (Å²) in [5.74, 6) is -3.09. The average Bonchev–Trinajstić information content (AvgIpc) is 2.55. The molecule has 0 bridgehead atoms. The summed E-state index contributed by atoms with van der Waals surface area (Å²) in [5.41, 5.74) is -0.0296. The third kappa shape index (κ3) is 3.73. The number of hydrogen-bond donors (Lipinski definition) is 3. The molecule has 3 N–H and O–H groups in total. The second-order valence-corrected chi connectivity index (χ2v) is 5.91. The number of aromatic carboxylic acids is 1. The second kappa shape index (κ2) is 7.16. The number of carboxylic acid groups (broad SMARTS) is 1. The van der Waals surface area contributed by atoms with Gasteiger partial charge in [-0.15, -0.1) is 0 Å². The minimum absolute atomic E-state index is 0.114. The van der Waals surface area contributed by atoms with Gasteiger partial charge in [-0.05, 0) is 31.0 Å². The lowest BCUT2D eigenvalue weighted by Crippen LogP contribution is -2.40. The summed E-state index contributed by atoms with van der Waals surface area (Å²) in [6.45, 7) is 0. The Balaban J connectivity index is 2.19. The highest BCUT2D eigenvalue weighted by molar-refractivity contribution is 5.98. The van der Waals surface area contributed by atoms with Crippen LogP contribution in [0.1, 0.15) is 23.2 Å². The number of rotatable bonds is 4. The van der Waals surface area contributed by atoms with Crippen LogP contribution in [0.4, 0.5) is 5.69 Å². The fraction of sp³-hybridized carbons (Fsp3) is 0.353. The van der Waals surface area contributed by atoms with Crippen molar-refractivity contribution in [2.75, 3.05) is 19.4 Å². The minimum atomic E-state index is -1.29. The van der Waals surface area contributed by atoms with Gasteiger partial charge in [0.25, 0.3) is 0 Å². The van der Waals surface area contributed by atoms with E-state index in [4.69, 9.17) is 5.11 Å². The van der Waals surface area contributed by atoms with Crippen LogP contribution >= 0.6 is 0 Å². The van der Waals surface area contributed by atoms with E-state index in [9.17, 15) is 19.5 Å². The Bertz CT molecular complexity index is 696. The summed E-state index contributed by atoms with van der Waals surface area (Å²) in [4.78, 5) is 37.3. The van der Waals surface area contributed by atoms with Gasteiger partial charge in [-0.2, -0.15) is 0 Å². The molecular weight excluding hydrogens is 312 g/mol. The van der Waals surface area contributed by atoms with Crippen molar-refractivity contribution in [2.45, 2.75) is 12.8 Å². The third-order valence-corrected chi connectivity index (χ3v) is 4.02. The number of carboxylic acids is 1. The van der Waals surface area contributed by atoms with Gasteiger partial charge in [0.2, 0.25) is 11.8 Å². The maximum Gasteiger partial charge on any atom is 0.339 e. The number of amides is 2. The van der Waals surface area contributed by atoms with Crippen molar-refractivity contribution in [2.24, 2.45) is 11.8 Å². The Morgan fingerprint density at radius 2 is 1.75 bits per heavy atom. The first-order chi connectivity index (χ1) is 11.3. The molecule has 0 radical (unpaired) electrons. The molecule has 2 amide bonds. The van der Waals surface area contributed by atoms with Crippen LogP contribution in [0.5, 0.6) is 5.75 Å². The van der Waals surface area contributed by atoms with Gasteiger partial charge in [-0.1, -0.05) is 12.2 Å². The monoisotopic (exact) mass is 332 g/mol. The quantitative estimate of drug-likeness (QED) is 0.575. The Hall–Kier alpha value is -2.83. The topological polar surface area (TPSA) is 107 Å². The van der Waals surface area contributed by atoms with Gasteiger partial charge in [0, 0.05) is 19.8 Å². The predicted octanol–water partition coefficient (Wildman–Crippen LogP) is 1.70. The molecule has 128 valence electrons. The molecule has 24 heavy (non-hydrogen) atoms. The molecule has 0 saturated heterocycles. The molecule has 1 aromatic carbocycles. The van der Waals surface area contributed by atoms with E-state index < -0.39 is 17.8 Å². The van der Waals surface area contributed by atoms with Crippen molar-refractivity contribution in [3.63, 3.8) is 0 Å². The van der Waals surface area contributed by atoms with Crippen molar-refractivity contribution < 1.29 is 24.6 Å². The van der Waals surface area contributed by atoms with E-state index in [1.54, 1.807) is 14.1 Å². The number of hydrogen-bond acceptors (Lipinski definition) is 4. The molecule has 2 atom stereocenters. The number of carbonyl (C=O) groups is 3. The molecule has 0 aromatic heterocycles. The number of allylic oxidation sites excluding steroid dienone is 2. The maximum absolute atomic E-state index is 12.5. The highest BCUT2D eigenvalue weighted by atomic mass is 16.4. The minimum Gasteiger partial charge on any atom is -0.507 e. The highest BCUT2D eigenvalue weighted by Gasteiger charge is 2.34. The van der Waals surface area contributed by atoms with Gasteiger partial charge < -0.3 is 20.4 Å². The maximum atomic E-state index is 12.5. The van der Waals surface area contributed by atoms with E-state index in [-0.39, 0.29) is 28.8 Å². The summed E-state index contributed by atoms with van der Waals surface area (Å²) in [7, 11) is 3.30. The molecule has 0 fully saturated rings. The number of nitrogens with one attached hydrogen (secondary N) is 1. The molecule has 7 heteroatoms. The fourth-order valence-corrected chi connectivity index (χ4v) is 2.73. The number of anilines is 1. The van der Waals surface area contributed by atoms with E-state index in [0.717, 1.165) is 0 Å². The van der Waals surface area contributed by atoms with Crippen LogP contribution in [0.25, 0.3) is 0 Å². The van der Waals surface area contributed by atoms with Crippen molar-refractivity contribution in [1.29, 1.82) is 0 Å². The summed E-state index contributed by atoms with van der Waals surface area (Å²) in [6.07, 6.45) is 4.69. The van der Waals surface area contributed by atoms with E-state index in [1.807, 2.05) is 12.2 Å². The Kier molecular flexibility index (Phi) is 5.23. The third-order valence-electron chi connectivity index (χ3n) is 4.02. The number of phenols is 1. The Labute approximate surface area is 139 Å². The van der Waals surface area contributed by atoms with Gasteiger partial charge in [0.1, 0.15) is 11.3 Å². The van der Waals surface area contributed by atoms with Crippen LogP contribution < -0.4 is 5.32 Å². The van der Waals surface area contributed by atoms with Crippen LogP contribution in [0, 0.1) is 11.8 Å². The van der Waals surface area contributed by atoms with Crippen LogP contribution in [0.15, 0.2) is 30.4 Å². The number of carbonyl (C=O) groups excluding carboxylic acids is 2. The van der Waals surface area contributed by atoms with E-state index >= 15 is 0 Å². The van der Waals surface area contributed by atoms with E-state index in [2.05, 4.69) is 5.32 Å². The molecule has 1 aliphatic rings. The smallest absolute Gasteiger partial charge is 0.339 e. The molecule has 0 spiro atoms. The molecule has 2 rings (SSSR count). The molecular formula is C17H20N2O5. The lowest BCUT2D eigenvalue weighted by molar-refractivity contribution is -0.138. The summed E-state index contributed by atoms with van der Waals surface area (Å²) >= 11 is 0. The normalized spacial score (nSPS) is 19.6. The van der Waals surface area contributed by atoms with Gasteiger partial charge >= 0.3 is 5.97 Å². The standard InChI is InChI=1S/C17H20N2O5/c1-19(2)16(22)12-6-4-3-5-11(12)15(21)18-10-7-8-14(20)13(9-10)17(23)24/h3-4,7-9,11-12,20H,5-6H2,1-2H3,(H,18,21)(H,23,24). The van der Waals surface area contributed by atoms with Crippen molar-refractivity contribution in [1.82, 2.24) is 4.90 Å². The highest BCUT2D eigenvalue weighted by Crippen LogP contribution is 2.29. The molecule has 0 saturated carbocycles. The fourth-order valence-electron chi connectivity index (χ4n) is 2.73. The molecule has 1 aromatic rings. The van der Waals surface area contributed by atoms with Gasteiger partial charge in [0.05, 0.1) is 11.8 Å². The summed E-state index contributed by atoms with van der Waals surface area (Å²) in [6, 6.07) is 3.82. The van der Waals surface area contributed by atoms with Gasteiger partial charge in [0.15, 0.2) is 0 Å². The first kappa shape index (κ1) is 17.5. The van der Waals surface area contributed by atoms with Gasteiger partial charge in [-0.25, -0.2) is 4.79 Å². The SMILES string of the molecule is CN(C)C(=O)C1CC=CCC1C(=O)Nc1ccc(O)c(C(=O)O)c1. The van der Waals surface area contributed by atoms with Crippen molar-refractivity contribution in [3.8, 4) is 5.75 Å². The molecule has 0 aliphatic heterocycles. The Morgan fingerprint density at radius 3 is 2.33 bits per heavy atom. The molecule has 7 nitrogen and oxygen atoms in total. The van der Waals surface area contributed by atoms with Crippen molar-refractivity contribution in [3.05, 3.63) is 35.9 Å². The zero-order chi connectivity index (χ0) is 17.9. The number of nitrogens with zero attached hydrogens (tertiary/aromatic N) is 1. The van der Waals surface area contributed by atoms with Crippen molar-refractivity contribution >= 4 is 23.5 Å². The van der Waals surface area contributed by atoms with E-state index in [1.165, 1.54) is 23.1 Å². The zero-order valence-corrected chi connectivity index (χ0v) is 13.5. The lowest BCUT2D eigenvalue weighted by Gasteiger charge is -2.28. The van der Waals surface area contributed by atoms with Crippen LogP contribution in [-0.4, -0.2) is 47.0 Å². The molecule has 2 unspecified atom stereocenters. The predicted molar refractivity (Wildman–Crippen MR) is 87.7 cm³/mol. The van der Waals surface area contributed by atoms with E-state index in [0.29, 0.717) is 12.8 Å². The van der Waals surface area contributed by atoms with Crippen LogP contribution in [0.3, 0.4) is 0 Å². The first-order valence-electron chi connectivity index (χ1n) is 7.54.